The van der Waals surface area contributed by atoms with Crippen molar-refractivity contribution in [3.8, 4) is 11.5 Å². The van der Waals surface area contributed by atoms with Gasteiger partial charge in [0.15, 0.2) is 11.5 Å². The molecule has 0 bridgehead atoms. The molecular weight excluding hydrogens is 514 g/mol. The number of methoxy groups -OCH3 is 2. The second-order valence-corrected chi connectivity index (χ2v) is 11.2. The van der Waals surface area contributed by atoms with Crippen molar-refractivity contribution in [2.24, 2.45) is 0 Å². The zero-order valence-electron chi connectivity index (χ0n) is 24.5. The van der Waals surface area contributed by atoms with Crippen LogP contribution in [-0.2, 0) is 19.4 Å². The van der Waals surface area contributed by atoms with E-state index in [0.29, 0.717) is 18.0 Å². The van der Waals surface area contributed by atoms with Crippen molar-refractivity contribution in [2.75, 3.05) is 63.7 Å². The van der Waals surface area contributed by atoms with Crippen LogP contribution in [0, 0.1) is 0 Å². The Morgan fingerprint density at radius 3 is 2.61 bits per heavy atom. The third-order valence-corrected chi connectivity index (χ3v) is 8.93. The Kier molecular flexibility index (Phi) is 8.01. The third-order valence-electron chi connectivity index (χ3n) is 8.93. The zero-order valence-corrected chi connectivity index (χ0v) is 24.5. The van der Waals surface area contributed by atoms with Gasteiger partial charge in [0.2, 0.25) is 0 Å². The third kappa shape index (κ3) is 5.45. The number of hydrogen-bond acceptors (Lipinski definition) is 7. The number of carbonyl (C=O) groups is 1. The van der Waals surface area contributed by atoms with Crippen molar-refractivity contribution in [1.82, 2.24) is 14.8 Å². The van der Waals surface area contributed by atoms with Gasteiger partial charge in [-0.2, -0.15) is 0 Å². The number of nitrogens with zero attached hydrogens (tertiary/aromatic N) is 4. The van der Waals surface area contributed by atoms with Crippen LogP contribution in [0.15, 0.2) is 48.5 Å². The molecule has 1 atom stereocenters. The number of benzene rings is 2. The number of hydrogen-bond donors (Lipinski definition) is 1. The average Bonchev–Trinajstić information content (AvgIpc) is 3.37. The molecule has 216 valence electrons. The summed E-state index contributed by atoms with van der Waals surface area (Å²) in [5, 5.41) is 3.45. The number of carbonyl (C=O) groups excluding carboxylic acids is 1. The molecule has 1 aromatic heterocycles. The Hall–Kier alpha value is -3.78. The monoisotopic (exact) mass is 555 g/mol. The second kappa shape index (κ2) is 12.0. The first-order chi connectivity index (χ1) is 20.1. The van der Waals surface area contributed by atoms with E-state index in [1.54, 1.807) is 14.2 Å². The van der Waals surface area contributed by atoms with Crippen LogP contribution in [0.25, 0.3) is 0 Å². The second-order valence-electron chi connectivity index (χ2n) is 11.2. The van der Waals surface area contributed by atoms with Crippen molar-refractivity contribution in [3.05, 3.63) is 76.5 Å². The lowest BCUT2D eigenvalue weighted by molar-refractivity contribution is 0.0691. The van der Waals surface area contributed by atoms with Crippen molar-refractivity contribution < 1.29 is 14.3 Å². The van der Waals surface area contributed by atoms with Gasteiger partial charge in [0.05, 0.1) is 20.3 Å². The van der Waals surface area contributed by atoms with Crippen LogP contribution in [0.5, 0.6) is 11.5 Å². The van der Waals surface area contributed by atoms with Gasteiger partial charge in [0.1, 0.15) is 5.82 Å². The number of ether oxygens (including phenoxy) is 2. The molecule has 1 N–H and O–H groups in total. The molecule has 0 saturated carbocycles. The summed E-state index contributed by atoms with van der Waals surface area (Å²) in [5.74, 6) is 2.45. The Bertz CT molecular complexity index is 1400. The maximum atomic E-state index is 14.0. The highest BCUT2D eigenvalue weighted by Gasteiger charge is 2.36. The fourth-order valence-electron chi connectivity index (χ4n) is 6.55. The number of rotatable bonds is 9. The Labute approximate surface area is 243 Å². The number of aryl methyl sites for hydroxylation is 2. The number of amides is 1. The van der Waals surface area contributed by atoms with Gasteiger partial charge < -0.3 is 29.5 Å². The molecule has 1 unspecified atom stereocenters. The van der Waals surface area contributed by atoms with E-state index in [2.05, 4.69) is 46.3 Å². The van der Waals surface area contributed by atoms with Crippen LogP contribution in [0.4, 0.5) is 11.5 Å². The topological polar surface area (TPSA) is 70.2 Å². The molecule has 0 aliphatic carbocycles. The molecule has 2 aromatic carbocycles. The van der Waals surface area contributed by atoms with Crippen LogP contribution < -0.4 is 19.7 Å². The number of fused-ring (bicyclic) bond motifs is 2. The number of piperazine rings is 1. The van der Waals surface area contributed by atoms with Crippen molar-refractivity contribution in [3.63, 3.8) is 0 Å². The quantitative estimate of drug-likeness (QED) is 0.402. The van der Waals surface area contributed by atoms with Crippen LogP contribution in [0.2, 0.25) is 0 Å². The lowest BCUT2D eigenvalue weighted by atomic mass is 9.98. The lowest BCUT2D eigenvalue weighted by Crippen LogP contribution is -2.46. The molecule has 1 fully saturated rings. The molecular formula is C33H41N5O3. The van der Waals surface area contributed by atoms with Crippen molar-refractivity contribution >= 4 is 17.4 Å². The molecule has 3 aromatic rings. The summed E-state index contributed by atoms with van der Waals surface area (Å²) < 4.78 is 11.2. The van der Waals surface area contributed by atoms with E-state index in [9.17, 15) is 4.79 Å². The Balaban J connectivity index is 1.30. The number of nitrogens with one attached hydrogen (secondary N) is 1. The van der Waals surface area contributed by atoms with Gasteiger partial charge in [0, 0.05) is 61.8 Å². The summed E-state index contributed by atoms with van der Waals surface area (Å²) in [6, 6.07) is 16.5. The minimum atomic E-state index is -0.134. The predicted octanol–water partition coefficient (Wildman–Crippen LogP) is 4.93. The van der Waals surface area contributed by atoms with E-state index < -0.39 is 0 Å². The summed E-state index contributed by atoms with van der Waals surface area (Å²) in [7, 11) is 3.30. The van der Waals surface area contributed by atoms with Gasteiger partial charge in [-0.25, -0.2) is 4.98 Å². The minimum absolute atomic E-state index is 0.0916. The number of anilines is 2. The standard InChI is InChI=1S/C33H41N5O3/c1-4-36-17-19-37(20-18-36)29-9-5-8-26-27(29)22-38(33(26)39)28(24-11-15-30(40-2)31(21-24)41-3)14-13-25-12-10-23-7-6-16-34-32(23)35-25/h5,8-12,15,21,28H,4,6-7,13-14,16-20,22H2,1-3H3,(H,34,35). The average molecular weight is 556 g/mol. The molecule has 41 heavy (non-hydrogen) atoms. The van der Waals surface area contributed by atoms with E-state index in [1.165, 1.54) is 11.3 Å². The molecule has 0 spiro atoms. The molecule has 4 heterocycles. The summed E-state index contributed by atoms with van der Waals surface area (Å²) in [5.41, 5.74) is 6.53. The predicted molar refractivity (Wildman–Crippen MR) is 162 cm³/mol. The first kappa shape index (κ1) is 27.4. The highest BCUT2D eigenvalue weighted by Crippen LogP contribution is 2.40. The first-order valence-corrected chi connectivity index (χ1v) is 14.9. The van der Waals surface area contributed by atoms with E-state index >= 15 is 0 Å². The molecule has 3 aliphatic rings. The normalized spacial score (nSPS) is 17.6. The fourth-order valence-corrected chi connectivity index (χ4v) is 6.55. The highest BCUT2D eigenvalue weighted by molar-refractivity contribution is 6.00. The summed E-state index contributed by atoms with van der Waals surface area (Å²) in [6.07, 6.45) is 3.73. The SMILES string of the molecule is CCN1CCN(c2cccc3c2CN(C(CCc2ccc4c(n2)NCCC4)c2ccc(OC)c(OC)c2)C3=O)CC1. The lowest BCUT2D eigenvalue weighted by Gasteiger charge is -2.36. The number of likely N-dealkylation sites (N-methyl/N-ethyl adjacent to an activating group) is 1. The molecule has 3 aliphatic heterocycles. The molecule has 8 nitrogen and oxygen atoms in total. The van der Waals surface area contributed by atoms with E-state index in [4.69, 9.17) is 14.5 Å². The maximum absolute atomic E-state index is 14.0. The smallest absolute Gasteiger partial charge is 0.255 e. The summed E-state index contributed by atoms with van der Waals surface area (Å²) in [4.78, 5) is 26.0. The number of pyridine rings is 1. The summed E-state index contributed by atoms with van der Waals surface area (Å²) >= 11 is 0. The van der Waals surface area contributed by atoms with Gasteiger partial charge >= 0.3 is 0 Å². The van der Waals surface area contributed by atoms with Gasteiger partial charge in [-0.3, -0.25) is 4.79 Å². The summed E-state index contributed by atoms with van der Waals surface area (Å²) in [6.45, 7) is 8.92. The van der Waals surface area contributed by atoms with Crippen molar-refractivity contribution in [2.45, 2.75) is 45.2 Å². The van der Waals surface area contributed by atoms with E-state index in [0.717, 1.165) is 93.2 Å². The first-order valence-electron chi connectivity index (χ1n) is 14.9. The van der Waals surface area contributed by atoms with Gasteiger partial charge in [-0.05, 0) is 73.7 Å². The van der Waals surface area contributed by atoms with Crippen LogP contribution in [-0.4, -0.2) is 74.2 Å². The Morgan fingerprint density at radius 2 is 1.83 bits per heavy atom. The van der Waals surface area contributed by atoms with Crippen molar-refractivity contribution in [1.29, 1.82) is 0 Å². The van der Waals surface area contributed by atoms with Crippen LogP contribution in [0.3, 0.4) is 0 Å². The molecule has 1 amide bonds. The molecule has 8 heteroatoms. The van der Waals surface area contributed by atoms with Gasteiger partial charge in [-0.1, -0.05) is 25.1 Å². The van der Waals surface area contributed by atoms with E-state index in [1.807, 2.05) is 29.2 Å². The molecule has 1 saturated heterocycles. The van der Waals surface area contributed by atoms with Gasteiger partial charge in [-0.15, -0.1) is 0 Å². The minimum Gasteiger partial charge on any atom is -0.493 e. The zero-order chi connectivity index (χ0) is 28.3. The maximum Gasteiger partial charge on any atom is 0.255 e. The highest BCUT2D eigenvalue weighted by atomic mass is 16.5. The molecule has 6 rings (SSSR count). The van der Waals surface area contributed by atoms with E-state index in [-0.39, 0.29) is 11.9 Å². The van der Waals surface area contributed by atoms with Crippen LogP contribution >= 0.6 is 0 Å². The van der Waals surface area contributed by atoms with Gasteiger partial charge in [0.25, 0.3) is 5.91 Å². The number of aromatic nitrogens is 1. The Morgan fingerprint density at radius 1 is 1.00 bits per heavy atom. The fraction of sp³-hybridized carbons (Fsp3) is 0.455. The molecule has 0 radical (unpaired) electrons. The largest absolute Gasteiger partial charge is 0.493 e. The van der Waals surface area contributed by atoms with Crippen LogP contribution in [0.1, 0.15) is 58.5 Å².